The van der Waals surface area contributed by atoms with Gasteiger partial charge in [0.15, 0.2) is 0 Å². The molecule has 0 saturated carbocycles. The molecule has 7 heteroatoms. The summed E-state index contributed by atoms with van der Waals surface area (Å²) >= 11 is 0. The average molecular weight is 388 g/mol. The van der Waals surface area contributed by atoms with E-state index in [1.54, 1.807) is 73.1 Å². The molecule has 3 N–H and O–H groups in total. The Kier molecular flexibility index (Phi) is 6.67. The molecule has 1 heterocycles. The van der Waals surface area contributed by atoms with Gasteiger partial charge in [-0.25, -0.2) is 0 Å². The quantitative estimate of drug-likeness (QED) is 0.542. The highest BCUT2D eigenvalue weighted by Crippen LogP contribution is 2.11. The van der Waals surface area contributed by atoms with Crippen LogP contribution in [0.3, 0.4) is 0 Å². The third-order valence-electron chi connectivity index (χ3n) is 4.08. The third-order valence-corrected chi connectivity index (χ3v) is 4.08. The van der Waals surface area contributed by atoms with E-state index < -0.39 is 0 Å². The van der Waals surface area contributed by atoms with Crippen molar-refractivity contribution < 1.29 is 14.4 Å². The Labute approximate surface area is 168 Å². The van der Waals surface area contributed by atoms with Crippen LogP contribution in [0.15, 0.2) is 79.1 Å². The van der Waals surface area contributed by atoms with E-state index in [0.717, 1.165) is 0 Å². The van der Waals surface area contributed by atoms with Crippen molar-refractivity contribution in [3.05, 3.63) is 95.8 Å². The smallest absolute Gasteiger partial charge is 0.255 e. The Bertz CT molecular complexity index is 974. The zero-order valence-electron chi connectivity index (χ0n) is 15.6. The molecule has 0 aliphatic heterocycles. The largest absolute Gasteiger partial charge is 0.350 e. The van der Waals surface area contributed by atoms with Crippen molar-refractivity contribution in [2.24, 2.45) is 0 Å². The normalized spacial score (nSPS) is 10.1. The molecule has 0 aliphatic rings. The van der Waals surface area contributed by atoms with Gasteiger partial charge in [0, 0.05) is 47.9 Å². The number of nitrogens with one attached hydrogen (secondary N) is 3. The van der Waals surface area contributed by atoms with Crippen LogP contribution in [0, 0.1) is 0 Å². The van der Waals surface area contributed by atoms with E-state index in [1.165, 1.54) is 0 Å². The number of carbonyl (C=O) groups is 3. The number of aromatic nitrogens is 1. The van der Waals surface area contributed by atoms with Gasteiger partial charge in [-0.3, -0.25) is 19.4 Å². The molecule has 7 nitrogen and oxygen atoms in total. The van der Waals surface area contributed by atoms with Gasteiger partial charge in [0.25, 0.3) is 17.7 Å². The topological polar surface area (TPSA) is 100 Å². The number of benzene rings is 2. The van der Waals surface area contributed by atoms with Crippen molar-refractivity contribution >= 4 is 23.4 Å². The van der Waals surface area contributed by atoms with Gasteiger partial charge in [0.2, 0.25) is 0 Å². The van der Waals surface area contributed by atoms with Crippen LogP contribution < -0.4 is 16.0 Å². The second-order valence-corrected chi connectivity index (χ2v) is 6.15. The summed E-state index contributed by atoms with van der Waals surface area (Å²) in [7, 11) is 0. The second kappa shape index (κ2) is 9.80. The number of amides is 3. The molecule has 29 heavy (non-hydrogen) atoms. The summed E-state index contributed by atoms with van der Waals surface area (Å²) < 4.78 is 0. The lowest BCUT2D eigenvalue weighted by atomic mass is 10.2. The Hall–Kier alpha value is -4.00. The summed E-state index contributed by atoms with van der Waals surface area (Å²) in [5.74, 6) is -0.695. The van der Waals surface area contributed by atoms with Crippen LogP contribution in [-0.2, 0) is 0 Å². The first-order valence-corrected chi connectivity index (χ1v) is 9.06. The summed E-state index contributed by atoms with van der Waals surface area (Å²) in [6.07, 6.45) is 3.09. The highest BCUT2D eigenvalue weighted by atomic mass is 16.2. The molecule has 0 atom stereocenters. The maximum Gasteiger partial charge on any atom is 0.255 e. The number of hydrogen-bond acceptors (Lipinski definition) is 4. The van der Waals surface area contributed by atoms with Gasteiger partial charge in [-0.1, -0.05) is 18.2 Å². The molecule has 2 aromatic carbocycles. The summed E-state index contributed by atoms with van der Waals surface area (Å²) in [5, 5.41) is 8.25. The highest BCUT2D eigenvalue weighted by molar-refractivity contribution is 6.04. The fraction of sp³-hybridized carbons (Fsp3) is 0.0909. The second-order valence-electron chi connectivity index (χ2n) is 6.15. The summed E-state index contributed by atoms with van der Waals surface area (Å²) in [4.78, 5) is 40.1. The molecule has 3 rings (SSSR count). The van der Waals surface area contributed by atoms with Crippen LogP contribution in [0.2, 0.25) is 0 Å². The monoisotopic (exact) mass is 388 g/mol. The van der Waals surface area contributed by atoms with Crippen LogP contribution >= 0.6 is 0 Å². The van der Waals surface area contributed by atoms with E-state index in [4.69, 9.17) is 0 Å². The van der Waals surface area contributed by atoms with E-state index in [-0.39, 0.29) is 17.7 Å². The molecule has 0 fully saturated rings. The van der Waals surface area contributed by atoms with Gasteiger partial charge in [-0.05, 0) is 48.5 Å². The maximum absolute atomic E-state index is 12.2. The minimum absolute atomic E-state index is 0.186. The van der Waals surface area contributed by atoms with Crippen molar-refractivity contribution in [2.45, 2.75) is 0 Å². The first kappa shape index (κ1) is 19.8. The van der Waals surface area contributed by atoms with Crippen molar-refractivity contribution in [1.29, 1.82) is 0 Å². The Morgan fingerprint density at radius 2 is 1.14 bits per heavy atom. The van der Waals surface area contributed by atoms with Gasteiger partial charge >= 0.3 is 0 Å². The van der Waals surface area contributed by atoms with Gasteiger partial charge in [-0.2, -0.15) is 0 Å². The average Bonchev–Trinajstić information content (AvgIpc) is 2.78. The first-order chi connectivity index (χ1) is 14.1. The van der Waals surface area contributed by atoms with Crippen LogP contribution in [0.1, 0.15) is 31.1 Å². The van der Waals surface area contributed by atoms with Crippen molar-refractivity contribution in [1.82, 2.24) is 15.6 Å². The van der Waals surface area contributed by atoms with E-state index in [9.17, 15) is 14.4 Å². The fourth-order valence-electron chi connectivity index (χ4n) is 2.56. The lowest BCUT2D eigenvalue weighted by Gasteiger charge is -2.08. The van der Waals surface area contributed by atoms with E-state index in [2.05, 4.69) is 20.9 Å². The zero-order chi connectivity index (χ0) is 20.5. The van der Waals surface area contributed by atoms with Crippen molar-refractivity contribution in [3.63, 3.8) is 0 Å². The molecular formula is C22H20N4O3. The molecule has 3 amide bonds. The van der Waals surface area contributed by atoms with Crippen molar-refractivity contribution in [2.75, 3.05) is 18.4 Å². The van der Waals surface area contributed by atoms with Crippen LogP contribution in [-0.4, -0.2) is 35.8 Å². The summed E-state index contributed by atoms with van der Waals surface area (Å²) in [6, 6.07) is 18.7. The maximum atomic E-state index is 12.2. The molecular weight excluding hydrogens is 368 g/mol. The van der Waals surface area contributed by atoms with Gasteiger partial charge < -0.3 is 16.0 Å². The molecule has 0 saturated heterocycles. The molecule has 0 aliphatic carbocycles. The minimum Gasteiger partial charge on any atom is -0.350 e. The molecule has 146 valence electrons. The Morgan fingerprint density at radius 1 is 0.621 bits per heavy atom. The lowest BCUT2D eigenvalue weighted by Crippen LogP contribution is -2.34. The molecule has 0 bridgehead atoms. The predicted molar refractivity (Wildman–Crippen MR) is 110 cm³/mol. The minimum atomic E-state index is -0.258. The van der Waals surface area contributed by atoms with E-state index in [0.29, 0.717) is 35.5 Å². The van der Waals surface area contributed by atoms with Gasteiger partial charge in [0.1, 0.15) is 0 Å². The fourth-order valence-corrected chi connectivity index (χ4v) is 2.56. The predicted octanol–water partition coefficient (Wildman–Crippen LogP) is 2.49. The van der Waals surface area contributed by atoms with Gasteiger partial charge in [0.05, 0.1) is 0 Å². The number of pyridine rings is 1. The summed E-state index contributed by atoms with van der Waals surface area (Å²) in [5.41, 5.74) is 2.11. The Morgan fingerprint density at radius 3 is 1.72 bits per heavy atom. The number of rotatable bonds is 7. The van der Waals surface area contributed by atoms with Crippen molar-refractivity contribution in [3.8, 4) is 0 Å². The Balaban J connectivity index is 1.44. The molecule has 1 aromatic heterocycles. The van der Waals surface area contributed by atoms with Crippen LogP contribution in [0.4, 0.5) is 5.69 Å². The van der Waals surface area contributed by atoms with Crippen LogP contribution in [0.5, 0.6) is 0 Å². The SMILES string of the molecule is O=C(NCCNC(=O)c1ccc(NC(=O)c2ccncc2)cc1)c1ccccc1. The number of anilines is 1. The van der Waals surface area contributed by atoms with E-state index >= 15 is 0 Å². The first-order valence-electron chi connectivity index (χ1n) is 9.06. The number of hydrogen-bond donors (Lipinski definition) is 3. The summed E-state index contributed by atoms with van der Waals surface area (Å²) in [6.45, 7) is 0.622. The third kappa shape index (κ3) is 5.74. The zero-order valence-corrected chi connectivity index (χ0v) is 15.6. The highest BCUT2D eigenvalue weighted by Gasteiger charge is 2.08. The molecule has 0 spiro atoms. The molecule has 0 radical (unpaired) electrons. The number of carbonyl (C=O) groups excluding carboxylic acids is 3. The van der Waals surface area contributed by atoms with E-state index in [1.807, 2.05) is 6.07 Å². The molecule has 3 aromatic rings. The number of nitrogens with zero attached hydrogens (tertiary/aromatic N) is 1. The standard InChI is InChI=1S/C22H20N4O3/c27-20(16-4-2-1-3-5-16)24-14-15-25-21(28)17-6-8-19(9-7-17)26-22(29)18-10-12-23-13-11-18/h1-13H,14-15H2,(H,24,27)(H,25,28)(H,26,29). The molecule has 0 unspecified atom stereocenters. The lowest BCUT2D eigenvalue weighted by molar-refractivity contribution is 0.0927. The van der Waals surface area contributed by atoms with Crippen LogP contribution in [0.25, 0.3) is 0 Å². The van der Waals surface area contributed by atoms with Gasteiger partial charge in [-0.15, -0.1) is 0 Å².